The number of carbonyl (C=O) groups excluding carboxylic acids is 1. The molecule has 3 rings (SSSR count). The second-order valence-corrected chi connectivity index (χ2v) is 7.88. The number of piperazine rings is 1. The first-order valence-corrected chi connectivity index (χ1v) is 10.4. The van der Waals surface area contributed by atoms with Crippen LogP contribution in [0.1, 0.15) is 55.4 Å². The molecule has 31 heavy (non-hydrogen) atoms. The molecule has 2 aromatic heterocycles. The molecule has 0 aliphatic carbocycles. The van der Waals surface area contributed by atoms with Crippen molar-refractivity contribution >= 4 is 17.5 Å². The molecule has 172 valence electrons. The lowest BCUT2D eigenvalue weighted by Gasteiger charge is -2.36. The molecule has 12 heteroatoms. The molecule has 0 spiro atoms. The highest BCUT2D eigenvalue weighted by atomic mass is 35.5. The van der Waals surface area contributed by atoms with Gasteiger partial charge < -0.3 is 4.90 Å². The van der Waals surface area contributed by atoms with Gasteiger partial charge in [0.15, 0.2) is 0 Å². The maximum absolute atomic E-state index is 13.4. The van der Waals surface area contributed by atoms with Gasteiger partial charge >= 0.3 is 0 Å². The van der Waals surface area contributed by atoms with E-state index < -0.39 is 41.2 Å². The van der Waals surface area contributed by atoms with Gasteiger partial charge in [0.25, 0.3) is 12.9 Å². The fraction of sp³-hybridized carbons (Fsp3) is 0.632. The highest BCUT2D eigenvalue weighted by Gasteiger charge is 2.34. The van der Waals surface area contributed by atoms with Gasteiger partial charge in [0.2, 0.25) is 5.91 Å². The zero-order valence-corrected chi connectivity index (χ0v) is 18.3. The van der Waals surface area contributed by atoms with Gasteiger partial charge in [0.05, 0.1) is 10.7 Å². The van der Waals surface area contributed by atoms with Gasteiger partial charge in [-0.15, -0.1) is 0 Å². The van der Waals surface area contributed by atoms with E-state index in [2.05, 4.69) is 15.1 Å². The van der Waals surface area contributed by atoms with E-state index in [1.807, 2.05) is 24.7 Å². The Morgan fingerprint density at radius 3 is 2.29 bits per heavy atom. The average molecular weight is 465 g/mol. The minimum Gasteiger partial charge on any atom is -0.338 e. The number of hydrogen-bond donors (Lipinski definition) is 0. The first-order chi connectivity index (χ1) is 14.6. The summed E-state index contributed by atoms with van der Waals surface area (Å²) >= 11 is 5.69. The van der Waals surface area contributed by atoms with E-state index >= 15 is 0 Å². The van der Waals surface area contributed by atoms with E-state index in [-0.39, 0.29) is 0 Å². The van der Waals surface area contributed by atoms with Crippen LogP contribution in [0.3, 0.4) is 0 Å². The number of aryl methyl sites for hydroxylation is 2. The van der Waals surface area contributed by atoms with E-state index in [1.54, 1.807) is 0 Å². The van der Waals surface area contributed by atoms with Crippen molar-refractivity contribution in [2.75, 3.05) is 26.2 Å². The molecule has 1 saturated heterocycles. The first kappa shape index (κ1) is 23.5. The quantitative estimate of drug-likeness (QED) is 0.584. The van der Waals surface area contributed by atoms with Crippen LogP contribution < -0.4 is 0 Å². The van der Waals surface area contributed by atoms with Crippen molar-refractivity contribution in [1.29, 1.82) is 0 Å². The summed E-state index contributed by atoms with van der Waals surface area (Å²) in [5.74, 6) is -0.462. The second-order valence-electron chi connectivity index (χ2n) is 7.50. The molecule has 1 aliphatic rings. The predicted octanol–water partition coefficient (Wildman–Crippen LogP) is 3.84. The van der Waals surface area contributed by atoms with Gasteiger partial charge in [-0.2, -0.15) is 10.2 Å². The van der Waals surface area contributed by atoms with Gasteiger partial charge in [0.1, 0.15) is 17.4 Å². The summed E-state index contributed by atoms with van der Waals surface area (Å²) < 4.78 is 55.5. The lowest BCUT2D eigenvalue weighted by molar-refractivity contribution is -0.136. The molecule has 2 aromatic rings. The van der Waals surface area contributed by atoms with Crippen LogP contribution in [-0.2, 0) is 17.9 Å². The van der Waals surface area contributed by atoms with Gasteiger partial charge in [-0.1, -0.05) is 11.6 Å². The molecule has 1 amide bonds. The van der Waals surface area contributed by atoms with Crippen LogP contribution in [0, 0.1) is 6.92 Å². The van der Waals surface area contributed by atoms with E-state index in [1.165, 1.54) is 11.8 Å². The standard InChI is InChI=1S/C19H25ClF4N6O/c1-4-29-10-13(11(2)25-29)9-27-5-7-28(8-6-27)19(31)12(3)30-16(18(23)24)14(20)15(26-30)17(21)22/h10,12,17-18H,4-9H2,1-3H3. The Kier molecular flexibility index (Phi) is 7.25. The highest BCUT2D eigenvalue weighted by Crippen LogP contribution is 2.36. The summed E-state index contributed by atoms with van der Waals surface area (Å²) in [5, 5.41) is 7.16. The molecule has 0 N–H and O–H groups in total. The fourth-order valence-electron chi connectivity index (χ4n) is 3.69. The maximum atomic E-state index is 13.4. The van der Waals surface area contributed by atoms with E-state index in [0.29, 0.717) is 37.4 Å². The average Bonchev–Trinajstić information content (AvgIpc) is 3.27. The number of aromatic nitrogens is 4. The Balaban J connectivity index is 1.66. The van der Waals surface area contributed by atoms with Crippen molar-refractivity contribution in [1.82, 2.24) is 29.4 Å². The Bertz CT molecular complexity index is 923. The molecule has 1 atom stereocenters. The Labute approximate surface area is 182 Å². The third kappa shape index (κ3) is 4.87. The SMILES string of the molecule is CCn1cc(CN2CCN(C(=O)C(C)n3nc(C(F)F)c(Cl)c3C(F)F)CC2)c(C)n1. The predicted molar refractivity (Wildman–Crippen MR) is 106 cm³/mol. The number of nitrogens with zero attached hydrogens (tertiary/aromatic N) is 6. The number of rotatable bonds is 7. The Hall–Kier alpha value is -2.14. The van der Waals surface area contributed by atoms with Crippen LogP contribution in [0.15, 0.2) is 6.20 Å². The summed E-state index contributed by atoms with van der Waals surface area (Å²) in [6.45, 7) is 8.79. The highest BCUT2D eigenvalue weighted by molar-refractivity contribution is 6.32. The summed E-state index contributed by atoms with van der Waals surface area (Å²) in [7, 11) is 0. The van der Waals surface area contributed by atoms with Crippen molar-refractivity contribution in [2.24, 2.45) is 0 Å². The lowest BCUT2D eigenvalue weighted by Crippen LogP contribution is -2.50. The van der Waals surface area contributed by atoms with Crippen molar-refractivity contribution < 1.29 is 22.4 Å². The van der Waals surface area contributed by atoms with Crippen molar-refractivity contribution in [3.05, 3.63) is 33.9 Å². The summed E-state index contributed by atoms with van der Waals surface area (Å²) in [5.41, 5.74) is 0.269. The van der Waals surface area contributed by atoms with Gasteiger partial charge in [-0.05, 0) is 20.8 Å². The van der Waals surface area contributed by atoms with Crippen LogP contribution in [-0.4, -0.2) is 61.4 Å². The third-order valence-corrected chi connectivity index (χ3v) is 5.89. The molecule has 1 aliphatic heterocycles. The second kappa shape index (κ2) is 9.56. The van der Waals surface area contributed by atoms with Crippen molar-refractivity contribution in [2.45, 2.75) is 52.8 Å². The summed E-state index contributed by atoms with van der Waals surface area (Å²) in [4.78, 5) is 16.6. The van der Waals surface area contributed by atoms with Gasteiger partial charge in [-0.25, -0.2) is 22.2 Å². The monoisotopic (exact) mass is 464 g/mol. The fourth-order valence-corrected chi connectivity index (χ4v) is 3.98. The lowest BCUT2D eigenvalue weighted by atomic mass is 10.2. The molecule has 1 fully saturated rings. The van der Waals surface area contributed by atoms with Crippen LogP contribution in [0.2, 0.25) is 5.02 Å². The van der Waals surface area contributed by atoms with E-state index in [9.17, 15) is 22.4 Å². The molecule has 1 unspecified atom stereocenters. The molecule has 3 heterocycles. The molecule has 7 nitrogen and oxygen atoms in total. The molecular formula is C19H25ClF4N6O. The first-order valence-electron chi connectivity index (χ1n) is 10.0. The number of halogens is 5. The largest absolute Gasteiger partial charge is 0.338 e. The number of carbonyl (C=O) groups is 1. The van der Waals surface area contributed by atoms with E-state index in [4.69, 9.17) is 11.6 Å². The zero-order valence-electron chi connectivity index (χ0n) is 17.5. The molecular weight excluding hydrogens is 440 g/mol. The topological polar surface area (TPSA) is 59.2 Å². The zero-order chi connectivity index (χ0) is 22.9. The van der Waals surface area contributed by atoms with E-state index in [0.717, 1.165) is 17.8 Å². The number of amides is 1. The normalized spacial score (nSPS) is 16.5. The van der Waals surface area contributed by atoms with Crippen LogP contribution in [0.4, 0.5) is 17.6 Å². The summed E-state index contributed by atoms with van der Waals surface area (Å²) in [6, 6.07) is -1.18. The van der Waals surface area contributed by atoms with Gasteiger partial charge in [0, 0.05) is 51.0 Å². The maximum Gasteiger partial charge on any atom is 0.283 e. The van der Waals surface area contributed by atoms with Crippen molar-refractivity contribution in [3.63, 3.8) is 0 Å². The molecule has 0 radical (unpaired) electrons. The van der Waals surface area contributed by atoms with Crippen LogP contribution in [0.25, 0.3) is 0 Å². The Morgan fingerprint density at radius 2 is 1.77 bits per heavy atom. The third-order valence-electron chi connectivity index (χ3n) is 5.50. The van der Waals surface area contributed by atoms with Crippen LogP contribution in [0.5, 0.6) is 0 Å². The molecule has 0 bridgehead atoms. The van der Waals surface area contributed by atoms with Crippen LogP contribution >= 0.6 is 11.6 Å². The molecule has 0 aromatic carbocycles. The Morgan fingerprint density at radius 1 is 1.13 bits per heavy atom. The van der Waals surface area contributed by atoms with Gasteiger partial charge in [-0.3, -0.25) is 14.4 Å². The smallest absolute Gasteiger partial charge is 0.283 e. The minimum absolute atomic E-state index is 0.394. The van der Waals surface area contributed by atoms with Crippen molar-refractivity contribution in [3.8, 4) is 0 Å². The summed E-state index contributed by atoms with van der Waals surface area (Å²) in [6.07, 6.45) is -4.24. The number of alkyl halides is 4. The molecule has 0 saturated carbocycles. The minimum atomic E-state index is -3.13. The number of hydrogen-bond acceptors (Lipinski definition) is 4.